The minimum Gasteiger partial charge on any atom is -0.507 e. The lowest BCUT2D eigenvalue weighted by molar-refractivity contribution is -0.137. The second-order valence-electron chi connectivity index (χ2n) is 4.42. The molecule has 24 heavy (non-hydrogen) atoms. The highest BCUT2D eigenvalue weighted by atomic mass is 35.5. The van der Waals surface area contributed by atoms with E-state index in [9.17, 15) is 18.0 Å². The number of nitrogens with two attached hydrogens (primary N) is 1. The summed E-state index contributed by atoms with van der Waals surface area (Å²) in [6, 6.07) is 7.43. The quantitative estimate of drug-likeness (QED) is 0.615. The number of hydrogen-bond acceptors (Lipinski definition) is 4. The SMILES string of the molecule is N=Cc1cc(C(F)(F)F)cc(Cl)c1O.NC(=O)c1ccccc1O. The van der Waals surface area contributed by atoms with Crippen LogP contribution in [0.25, 0.3) is 0 Å². The van der Waals surface area contributed by atoms with Crippen LogP contribution in [-0.2, 0) is 6.18 Å². The molecule has 0 heterocycles. The molecular formula is C15H12ClF3N2O3. The predicted octanol–water partition coefficient (Wildman–Crippen LogP) is 3.55. The van der Waals surface area contributed by atoms with Gasteiger partial charge in [-0.15, -0.1) is 0 Å². The summed E-state index contributed by atoms with van der Waals surface area (Å²) >= 11 is 5.35. The van der Waals surface area contributed by atoms with Crippen molar-refractivity contribution in [1.82, 2.24) is 0 Å². The summed E-state index contributed by atoms with van der Waals surface area (Å²) < 4.78 is 36.6. The fourth-order valence-electron chi connectivity index (χ4n) is 1.58. The highest BCUT2D eigenvalue weighted by molar-refractivity contribution is 6.32. The van der Waals surface area contributed by atoms with Gasteiger partial charge in [0.05, 0.1) is 16.1 Å². The maximum Gasteiger partial charge on any atom is 0.416 e. The van der Waals surface area contributed by atoms with Crippen LogP contribution in [0.5, 0.6) is 11.5 Å². The molecular weight excluding hydrogens is 349 g/mol. The molecule has 5 nitrogen and oxygen atoms in total. The van der Waals surface area contributed by atoms with E-state index < -0.39 is 28.4 Å². The fraction of sp³-hybridized carbons (Fsp3) is 0.0667. The van der Waals surface area contributed by atoms with Crippen molar-refractivity contribution < 1.29 is 28.2 Å². The normalized spacial score (nSPS) is 10.5. The van der Waals surface area contributed by atoms with Crippen molar-refractivity contribution in [1.29, 1.82) is 5.41 Å². The summed E-state index contributed by atoms with van der Waals surface area (Å²) in [5.41, 5.74) is 3.82. The molecule has 5 N–H and O–H groups in total. The predicted molar refractivity (Wildman–Crippen MR) is 82.6 cm³/mol. The van der Waals surface area contributed by atoms with Gasteiger partial charge in [-0.05, 0) is 24.3 Å². The molecule has 1 amide bonds. The number of aromatic hydroxyl groups is 2. The number of rotatable bonds is 2. The van der Waals surface area contributed by atoms with Crippen molar-refractivity contribution in [2.24, 2.45) is 5.73 Å². The van der Waals surface area contributed by atoms with Gasteiger partial charge < -0.3 is 21.4 Å². The Morgan fingerprint density at radius 3 is 2.21 bits per heavy atom. The van der Waals surface area contributed by atoms with Gasteiger partial charge in [-0.2, -0.15) is 13.2 Å². The summed E-state index contributed by atoms with van der Waals surface area (Å²) in [6.45, 7) is 0. The van der Waals surface area contributed by atoms with Crippen LogP contribution in [0.2, 0.25) is 5.02 Å². The topological polar surface area (TPSA) is 107 Å². The van der Waals surface area contributed by atoms with E-state index in [1.165, 1.54) is 12.1 Å². The van der Waals surface area contributed by atoms with Crippen molar-refractivity contribution in [3.63, 3.8) is 0 Å². The molecule has 0 aliphatic carbocycles. The van der Waals surface area contributed by atoms with Crippen LogP contribution in [0.1, 0.15) is 21.5 Å². The zero-order valence-electron chi connectivity index (χ0n) is 11.9. The largest absolute Gasteiger partial charge is 0.507 e. The Labute approximate surface area is 139 Å². The number of primary amides is 1. The molecule has 0 bridgehead atoms. The van der Waals surface area contributed by atoms with Gasteiger partial charge in [0.15, 0.2) is 0 Å². The third-order valence-electron chi connectivity index (χ3n) is 2.75. The van der Waals surface area contributed by atoms with E-state index in [0.29, 0.717) is 18.3 Å². The third-order valence-corrected chi connectivity index (χ3v) is 3.03. The molecule has 128 valence electrons. The number of carbonyl (C=O) groups is 1. The van der Waals surface area contributed by atoms with Gasteiger partial charge in [0.2, 0.25) is 0 Å². The number of halogens is 4. The Bertz CT molecular complexity index is 764. The number of phenols is 2. The van der Waals surface area contributed by atoms with E-state index in [0.717, 1.165) is 0 Å². The fourth-order valence-corrected chi connectivity index (χ4v) is 1.80. The highest BCUT2D eigenvalue weighted by Crippen LogP contribution is 2.36. The van der Waals surface area contributed by atoms with E-state index in [2.05, 4.69) is 0 Å². The highest BCUT2D eigenvalue weighted by Gasteiger charge is 2.31. The van der Waals surface area contributed by atoms with Gasteiger partial charge in [-0.1, -0.05) is 23.7 Å². The first-order chi connectivity index (χ1) is 11.1. The number of carbonyl (C=O) groups excluding carboxylic acids is 1. The third kappa shape index (κ3) is 4.88. The van der Waals surface area contributed by atoms with Gasteiger partial charge in [-0.25, -0.2) is 0 Å². The van der Waals surface area contributed by atoms with Crippen LogP contribution in [0.15, 0.2) is 36.4 Å². The Hall–Kier alpha value is -2.74. The second-order valence-corrected chi connectivity index (χ2v) is 4.83. The minimum absolute atomic E-state index is 0.0741. The zero-order chi connectivity index (χ0) is 18.5. The van der Waals surface area contributed by atoms with Gasteiger partial charge in [0, 0.05) is 11.8 Å². The van der Waals surface area contributed by atoms with Gasteiger partial charge >= 0.3 is 6.18 Å². The van der Waals surface area contributed by atoms with E-state index in [1.807, 2.05) is 0 Å². The average molecular weight is 361 g/mol. The Morgan fingerprint density at radius 2 is 1.79 bits per heavy atom. The maximum absolute atomic E-state index is 12.2. The monoisotopic (exact) mass is 360 g/mol. The number of amides is 1. The molecule has 0 radical (unpaired) electrons. The van der Waals surface area contributed by atoms with Gasteiger partial charge in [0.25, 0.3) is 5.91 Å². The molecule has 0 aliphatic rings. The van der Waals surface area contributed by atoms with E-state index in [-0.39, 0.29) is 16.9 Å². The molecule has 2 aromatic carbocycles. The number of benzene rings is 2. The first-order valence-corrected chi connectivity index (χ1v) is 6.63. The number of nitrogens with one attached hydrogen (secondary N) is 1. The number of hydrogen-bond donors (Lipinski definition) is 4. The molecule has 2 rings (SSSR count). The molecule has 0 saturated heterocycles. The Morgan fingerprint density at radius 1 is 1.21 bits per heavy atom. The van der Waals surface area contributed by atoms with Crippen molar-refractivity contribution >= 4 is 23.7 Å². The molecule has 0 saturated carbocycles. The lowest BCUT2D eigenvalue weighted by Gasteiger charge is -2.09. The molecule has 0 fully saturated rings. The van der Waals surface area contributed by atoms with Crippen LogP contribution in [0, 0.1) is 5.41 Å². The van der Waals surface area contributed by atoms with Gasteiger partial charge in [0.1, 0.15) is 11.5 Å². The standard InChI is InChI=1S/C8H5ClF3NO.C7H7NO2/c9-6-2-5(8(10,11)12)1-4(3-13)7(6)14;8-7(10)5-3-1-2-4-6(5)9/h1-3,13-14H;1-4,9H,(H2,8,10). The van der Waals surface area contributed by atoms with Crippen molar-refractivity contribution in [2.45, 2.75) is 6.18 Å². The Balaban J connectivity index is 0.000000254. The smallest absolute Gasteiger partial charge is 0.416 e. The number of alkyl halides is 3. The van der Waals surface area contributed by atoms with E-state index >= 15 is 0 Å². The van der Waals surface area contributed by atoms with Crippen molar-refractivity contribution in [3.05, 3.63) is 58.1 Å². The summed E-state index contributed by atoms with van der Waals surface area (Å²) in [6.07, 6.45) is -3.93. The lowest BCUT2D eigenvalue weighted by Crippen LogP contribution is -2.10. The van der Waals surface area contributed by atoms with Gasteiger partial charge in [-0.3, -0.25) is 4.79 Å². The van der Waals surface area contributed by atoms with E-state index in [1.54, 1.807) is 12.1 Å². The van der Waals surface area contributed by atoms with Crippen LogP contribution in [-0.4, -0.2) is 22.3 Å². The minimum atomic E-state index is -4.53. The molecule has 0 spiro atoms. The summed E-state index contributed by atoms with van der Waals surface area (Å²) in [4.78, 5) is 10.5. The van der Waals surface area contributed by atoms with Crippen LogP contribution in [0.4, 0.5) is 13.2 Å². The molecule has 0 aromatic heterocycles. The van der Waals surface area contributed by atoms with Crippen molar-refractivity contribution in [3.8, 4) is 11.5 Å². The second kappa shape index (κ2) is 7.69. The molecule has 0 aliphatic heterocycles. The summed E-state index contributed by atoms with van der Waals surface area (Å²) in [7, 11) is 0. The molecule has 0 atom stereocenters. The Kier molecular flexibility index (Phi) is 6.19. The van der Waals surface area contributed by atoms with E-state index in [4.69, 9.17) is 33.0 Å². The van der Waals surface area contributed by atoms with Crippen LogP contribution < -0.4 is 5.73 Å². The summed E-state index contributed by atoms with van der Waals surface area (Å²) in [5, 5.41) is 24.5. The summed E-state index contributed by atoms with van der Waals surface area (Å²) in [5.74, 6) is -1.21. The number of phenolic OH excluding ortho intramolecular Hbond substituents is 1. The maximum atomic E-state index is 12.2. The molecule has 2 aromatic rings. The number of para-hydroxylation sites is 1. The molecule has 9 heteroatoms. The molecule has 0 unspecified atom stereocenters. The first-order valence-electron chi connectivity index (χ1n) is 6.26. The van der Waals surface area contributed by atoms with Crippen molar-refractivity contribution in [2.75, 3.05) is 0 Å². The first kappa shape index (κ1) is 19.3. The van der Waals surface area contributed by atoms with Crippen LogP contribution >= 0.6 is 11.6 Å². The lowest BCUT2D eigenvalue weighted by atomic mass is 10.1. The zero-order valence-corrected chi connectivity index (χ0v) is 12.7. The average Bonchev–Trinajstić information content (AvgIpc) is 2.49. The van der Waals surface area contributed by atoms with Crippen LogP contribution in [0.3, 0.4) is 0 Å².